The number of likely N-dealkylation sites (N-methyl/N-ethyl adjacent to an activating group) is 1. The molecule has 0 heterocycles. The first-order valence-corrected chi connectivity index (χ1v) is 9.23. The van der Waals surface area contributed by atoms with E-state index >= 15 is 0 Å². The molecule has 0 radical (unpaired) electrons. The average molecular weight is 400 g/mol. The maximum absolute atomic E-state index is 12.9. The highest BCUT2D eigenvalue weighted by Crippen LogP contribution is 2.33. The lowest BCUT2D eigenvalue weighted by Gasteiger charge is -2.20. The van der Waals surface area contributed by atoms with Crippen LogP contribution in [0.1, 0.15) is 34.5 Å². The number of amides is 2. The van der Waals surface area contributed by atoms with Crippen LogP contribution in [-0.4, -0.2) is 51.6 Å². The molecule has 2 rings (SSSR count). The molecule has 2 aromatic rings. The van der Waals surface area contributed by atoms with Crippen molar-refractivity contribution in [3.8, 4) is 17.2 Å². The fourth-order valence-electron chi connectivity index (χ4n) is 2.86. The van der Waals surface area contributed by atoms with Crippen molar-refractivity contribution in [1.29, 1.82) is 0 Å². The number of hydrogen-bond acceptors (Lipinski definition) is 5. The van der Waals surface area contributed by atoms with Gasteiger partial charge in [-0.3, -0.25) is 9.59 Å². The van der Waals surface area contributed by atoms with Crippen molar-refractivity contribution in [3.63, 3.8) is 0 Å². The average Bonchev–Trinajstić information content (AvgIpc) is 2.71. The lowest BCUT2D eigenvalue weighted by Crippen LogP contribution is -2.29. The third kappa shape index (κ3) is 5.40. The van der Waals surface area contributed by atoms with Gasteiger partial charge in [0.2, 0.25) is 0 Å². The van der Waals surface area contributed by atoms with Crippen LogP contribution in [0, 0.1) is 6.92 Å². The van der Waals surface area contributed by atoms with Gasteiger partial charge in [-0.15, -0.1) is 0 Å². The molecule has 0 aromatic heterocycles. The molecule has 1 N–H and O–H groups in total. The summed E-state index contributed by atoms with van der Waals surface area (Å²) in [5.41, 5.74) is 2.25. The number of methoxy groups -OCH3 is 2. The third-order valence-corrected chi connectivity index (χ3v) is 4.57. The molecule has 0 saturated carbocycles. The smallest absolute Gasteiger partial charge is 0.259 e. The van der Waals surface area contributed by atoms with Crippen molar-refractivity contribution < 1.29 is 23.8 Å². The van der Waals surface area contributed by atoms with Crippen molar-refractivity contribution in [1.82, 2.24) is 10.2 Å². The zero-order chi connectivity index (χ0) is 21.6. The molecule has 29 heavy (non-hydrogen) atoms. The summed E-state index contributed by atoms with van der Waals surface area (Å²) >= 11 is 0. The van der Waals surface area contributed by atoms with Crippen LogP contribution in [-0.2, 0) is 4.79 Å². The summed E-state index contributed by atoms with van der Waals surface area (Å²) in [7, 11) is 6.46. The second kappa shape index (κ2) is 9.82. The highest BCUT2D eigenvalue weighted by molar-refractivity contribution is 5.97. The standard InChI is InChI=1S/C22H28N2O5/c1-14-11-19(27-5)20(28-6)12-17(14)15(2)23-22(26)16-9-7-8-10-18(16)29-13-21(25)24(3)4/h7-12,15H,13H2,1-6H3,(H,23,26). The van der Waals surface area contributed by atoms with Crippen LogP contribution >= 0.6 is 0 Å². The van der Waals surface area contributed by atoms with E-state index in [2.05, 4.69) is 5.32 Å². The van der Waals surface area contributed by atoms with Crippen LogP contribution in [0.5, 0.6) is 17.2 Å². The lowest BCUT2D eigenvalue weighted by atomic mass is 10.0. The van der Waals surface area contributed by atoms with E-state index < -0.39 is 0 Å². The second-order valence-electron chi connectivity index (χ2n) is 6.83. The Morgan fingerprint density at radius 3 is 2.28 bits per heavy atom. The van der Waals surface area contributed by atoms with Gasteiger partial charge in [-0.25, -0.2) is 0 Å². The minimum atomic E-state index is -0.292. The van der Waals surface area contributed by atoms with Gasteiger partial charge >= 0.3 is 0 Å². The Morgan fingerprint density at radius 2 is 1.66 bits per heavy atom. The van der Waals surface area contributed by atoms with Crippen LogP contribution < -0.4 is 19.5 Å². The minimum absolute atomic E-state index is 0.137. The van der Waals surface area contributed by atoms with E-state index in [1.54, 1.807) is 52.6 Å². The molecule has 0 saturated heterocycles. The Hall–Kier alpha value is -3.22. The summed E-state index contributed by atoms with van der Waals surface area (Å²) in [6.07, 6.45) is 0. The van der Waals surface area contributed by atoms with Crippen molar-refractivity contribution in [2.24, 2.45) is 0 Å². The molecule has 2 aromatic carbocycles. The molecule has 2 amide bonds. The van der Waals surface area contributed by atoms with Crippen LogP contribution in [0.4, 0.5) is 0 Å². The van der Waals surface area contributed by atoms with E-state index in [0.717, 1.165) is 11.1 Å². The highest BCUT2D eigenvalue weighted by atomic mass is 16.5. The fourth-order valence-corrected chi connectivity index (χ4v) is 2.86. The van der Waals surface area contributed by atoms with E-state index in [4.69, 9.17) is 14.2 Å². The molecule has 0 bridgehead atoms. The topological polar surface area (TPSA) is 77.1 Å². The maximum Gasteiger partial charge on any atom is 0.259 e. The third-order valence-electron chi connectivity index (χ3n) is 4.57. The molecular weight excluding hydrogens is 372 g/mol. The van der Waals surface area contributed by atoms with E-state index in [-0.39, 0.29) is 24.5 Å². The number of para-hydroxylation sites is 1. The van der Waals surface area contributed by atoms with Gasteiger partial charge in [0.15, 0.2) is 18.1 Å². The molecule has 1 unspecified atom stereocenters. The fraction of sp³-hybridized carbons (Fsp3) is 0.364. The van der Waals surface area contributed by atoms with Gasteiger partial charge in [-0.05, 0) is 49.2 Å². The molecule has 0 aliphatic carbocycles. The number of carbonyl (C=O) groups is 2. The first-order chi connectivity index (χ1) is 13.8. The van der Waals surface area contributed by atoms with E-state index in [1.807, 2.05) is 26.0 Å². The van der Waals surface area contributed by atoms with Gasteiger partial charge in [0, 0.05) is 14.1 Å². The zero-order valence-corrected chi connectivity index (χ0v) is 17.7. The van der Waals surface area contributed by atoms with Crippen molar-refractivity contribution in [3.05, 3.63) is 53.1 Å². The van der Waals surface area contributed by atoms with E-state index in [0.29, 0.717) is 22.8 Å². The molecule has 0 aliphatic rings. The Morgan fingerprint density at radius 1 is 1.03 bits per heavy atom. The number of benzene rings is 2. The van der Waals surface area contributed by atoms with Gasteiger partial charge in [0.1, 0.15) is 5.75 Å². The number of carbonyl (C=O) groups excluding carboxylic acids is 2. The van der Waals surface area contributed by atoms with Gasteiger partial charge < -0.3 is 24.4 Å². The zero-order valence-electron chi connectivity index (χ0n) is 17.7. The van der Waals surface area contributed by atoms with E-state index in [9.17, 15) is 9.59 Å². The number of ether oxygens (including phenoxy) is 3. The Bertz CT molecular complexity index is 880. The summed E-state index contributed by atoms with van der Waals surface area (Å²) < 4.78 is 16.3. The first-order valence-electron chi connectivity index (χ1n) is 9.23. The predicted octanol–water partition coefficient (Wildman–Crippen LogP) is 2.97. The first kappa shape index (κ1) is 22.1. The van der Waals surface area contributed by atoms with Crippen LogP contribution in [0.2, 0.25) is 0 Å². The molecule has 1 atom stereocenters. The quantitative estimate of drug-likeness (QED) is 0.737. The molecular formula is C22H28N2O5. The normalized spacial score (nSPS) is 11.4. The Labute approximate surface area is 171 Å². The summed E-state index contributed by atoms with van der Waals surface area (Å²) in [4.78, 5) is 26.1. The van der Waals surface area contributed by atoms with Gasteiger partial charge in [0.25, 0.3) is 11.8 Å². The molecule has 7 nitrogen and oxygen atoms in total. The summed E-state index contributed by atoms with van der Waals surface area (Å²) in [5, 5.41) is 2.98. The Balaban J connectivity index is 2.19. The molecule has 0 aliphatic heterocycles. The molecule has 0 spiro atoms. The minimum Gasteiger partial charge on any atom is -0.493 e. The largest absolute Gasteiger partial charge is 0.493 e. The van der Waals surface area contributed by atoms with Crippen molar-refractivity contribution in [2.45, 2.75) is 19.9 Å². The lowest BCUT2D eigenvalue weighted by molar-refractivity contribution is -0.130. The van der Waals surface area contributed by atoms with Gasteiger partial charge in [0.05, 0.1) is 25.8 Å². The van der Waals surface area contributed by atoms with Crippen LogP contribution in [0.25, 0.3) is 0 Å². The summed E-state index contributed by atoms with van der Waals surface area (Å²) in [5.74, 6) is 1.11. The number of nitrogens with zero attached hydrogens (tertiary/aromatic N) is 1. The molecule has 7 heteroatoms. The SMILES string of the molecule is COc1cc(C)c(C(C)NC(=O)c2ccccc2OCC(=O)N(C)C)cc1OC. The van der Waals surface area contributed by atoms with Gasteiger partial charge in [-0.2, -0.15) is 0 Å². The number of aryl methyl sites for hydroxylation is 1. The number of hydrogen-bond donors (Lipinski definition) is 1. The summed E-state index contributed by atoms with van der Waals surface area (Å²) in [6.45, 7) is 3.71. The van der Waals surface area contributed by atoms with Crippen LogP contribution in [0.15, 0.2) is 36.4 Å². The second-order valence-corrected chi connectivity index (χ2v) is 6.83. The predicted molar refractivity (Wildman–Crippen MR) is 111 cm³/mol. The molecule has 156 valence electrons. The highest BCUT2D eigenvalue weighted by Gasteiger charge is 2.19. The number of rotatable bonds is 8. The van der Waals surface area contributed by atoms with E-state index in [1.165, 1.54) is 4.90 Å². The Kier molecular flexibility index (Phi) is 7.47. The molecule has 0 fully saturated rings. The van der Waals surface area contributed by atoms with Gasteiger partial charge in [-0.1, -0.05) is 12.1 Å². The monoisotopic (exact) mass is 400 g/mol. The maximum atomic E-state index is 12.9. The number of nitrogens with one attached hydrogen (secondary N) is 1. The summed E-state index contributed by atoms with van der Waals surface area (Å²) in [6, 6.07) is 10.3. The van der Waals surface area contributed by atoms with Crippen LogP contribution in [0.3, 0.4) is 0 Å². The van der Waals surface area contributed by atoms with Crippen molar-refractivity contribution >= 4 is 11.8 Å². The van der Waals surface area contributed by atoms with Crippen molar-refractivity contribution in [2.75, 3.05) is 34.9 Å².